The van der Waals surface area contributed by atoms with E-state index in [4.69, 9.17) is 4.74 Å². The molecule has 2 aliphatic heterocycles. The number of hydrogen-bond donors (Lipinski definition) is 1. The van der Waals surface area contributed by atoms with Crippen LogP contribution in [0.4, 0.5) is 0 Å². The van der Waals surface area contributed by atoms with Gasteiger partial charge in [0.1, 0.15) is 0 Å². The number of likely N-dealkylation sites (N-methyl/N-ethyl adjacent to an activating group) is 1. The molecule has 0 unspecified atom stereocenters. The maximum Gasteiger partial charge on any atom is 0.251 e. The SMILES string of the molecule is CN1CCN(Cc2cccc(C(=O)NCC[C@@H]3CCCO3)c2)CC1. The van der Waals surface area contributed by atoms with E-state index in [1.54, 1.807) is 0 Å². The summed E-state index contributed by atoms with van der Waals surface area (Å²) in [5.74, 6) is 0.0215. The molecule has 0 saturated carbocycles. The Hall–Kier alpha value is -1.43. The molecule has 1 amide bonds. The second-order valence-electron chi connectivity index (χ2n) is 6.96. The number of nitrogens with one attached hydrogen (secondary N) is 1. The largest absolute Gasteiger partial charge is 0.378 e. The summed E-state index contributed by atoms with van der Waals surface area (Å²) < 4.78 is 5.59. The van der Waals surface area contributed by atoms with E-state index in [-0.39, 0.29) is 5.91 Å². The quantitative estimate of drug-likeness (QED) is 0.862. The van der Waals surface area contributed by atoms with Gasteiger partial charge in [-0.3, -0.25) is 9.69 Å². The third kappa shape index (κ3) is 5.03. The van der Waals surface area contributed by atoms with Gasteiger partial charge in [0.05, 0.1) is 6.10 Å². The highest BCUT2D eigenvalue weighted by atomic mass is 16.5. The molecule has 0 aromatic heterocycles. The van der Waals surface area contributed by atoms with Crippen molar-refractivity contribution in [3.8, 4) is 0 Å². The summed E-state index contributed by atoms with van der Waals surface area (Å²) in [5, 5.41) is 3.02. The molecule has 0 spiro atoms. The van der Waals surface area contributed by atoms with E-state index in [0.717, 1.165) is 64.2 Å². The second kappa shape index (κ2) is 8.60. The van der Waals surface area contributed by atoms with Crippen LogP contribution in [0.2, 0.25) is 0 Å². The predicted octanol–water partition coefficient (Wildman–Crippen LogP) is 1.73. The van der Waals surface area contributed by atoms with Gasteiger partial charge in [0, 0.05) is 51.4 Å². The molecule has 132 valence electrons. The molecule has 3 rings (SSSR count). The van der Waals surface area contributed by atoms with Crippen LogP contribution >= 0.6 is 0 Å². The van der Waals surface area contributed by atoms with Crippen molar-refractivity contribution in [2.24, 2.45) is 0 Å². The minimum Gasteiger partial charge on any atom is -0.378 e. The predicted molar refractivity (Wildman–Crippen MR) is 95.1 cm³/mol. The van der Waals surface area contributed by atoms with Gasteiger partial charge in [0.25, 0.3) is 5.91 Å². The Morgan fingerprint density at radius 2 is 2.12 bits per heavy atom. The monoisotopic (exact) mass is 331 g/mol. The smallest absolute Gasteiger partial charge is 0.251 e. The summed E-state index contributed by atoms with van der Waals surface area (Å²) in [6.07, 6.45) is 3.50. The lowest BCUT2D eigenvalue weighted by Gasteiger charge is -2.32. The van der Waals surface area contributed by atoms with Crippen LogP contribution in [0.25, 0.3) is 0 Å². The highest BCUT2D eigenvalue weighted by Crippen LogP contribution is 2.15. The van der Waals surface area contributed by atoms with E-state index < -0.39 is 0 Å². The Kier molecular flexibility index (Phi) is 6.24. The van der Waals surface area contributed by atoms with Gasteiger partial charge in [0.2, 0.25) is 0 Å². The molecule has 0 aliphatic carbocycles. The number of nitrogens with zero attached hydrogens (tertiary/aromatic N) is 2. The van der Waals surface area contributed by atoms with E-state index in [0.29, 0.717) is 12.6 Å². The van der Waals surface area contributed by atoms with E-state index in [1.165, 1.54) is 5.56 Å². The fourth-order valence-electron chi connectivity index (χ4n) is 3.40. The highest BCUT2D eigenvalue weighted by Gasteiger charge is 2.16. The van der Waals surface area contributed by atoms with Crippen LogP contribution in [0, 0.1) is 0 Å². The Balaban J connectivity index is 1.47. The molecule has 1 aromatic rings. The van der Waals surface area contributed by atoms with Gasteiger partial charge in [-0.25, -0.2) is 0 Å². The van der Waals surface area contributed by atoms with Gasteiger partial charge >= 0.3 is 0 Å². The summed E-state index contributed by atoms with van der Waals surface area (Å²) in [6, 6.07) is 8.02. The van der Waals surface area contributed by atoms with E-state index in [2.05, 4.69) is 28.2 Å². The van der Waals surface area contributed by atoms with Gasteiger partial charge in [0.15, 0.2) is 0 Å². The van der Waals surface area contributed by atoms with Crippen LogP contribution in [0.3, 0.4) is 0 Å². The molecule has 24 heavy (non-hydrogen) atoms. The summed E-state index contributed by atoms with van der Waals surface area (Å²) in [4.78, 5) is 17.1. The van der Waals surface area contributed by atoms with Crippen molar-refractivity contribution in [2.75, 3.05) is 46.4 Å². The maximum atomic E-state index is 12.3. The Bertz CT molecular complexity index is 535. The van der Waals surface area contributed by atoms with Crippen molar-refractivity contribution in [1.29, 1.82) is 0 Å². The second-order valence-corrected chi connectivity index (χ2v) is 6.96. The minimum absolute atomic E-state index is 0.0215. The highest BCUT2D eigenvalue weighted by molar-refractivity contribution is 5.94. The number of ether oxygens (including phenoxy) is 1. The van der Waals surface area contributed by atoms with E-state index in [9.17, 15) is 4.79 Å². The van der Waals surface area contributed by atoms with Crippen molar-refractivity contribution in [2.45, 2.75) is 31.9 Å². The maximum absolute atomic E-state index is 12.3. The van der Waals surface area contributed by atoms with E-state index in [1.807, 2.05) is 18.2 Å². The van der Waals surface area contributed by atoms with E-state index >= 15 is 0 Å². The molecule has 0 radical (unpaired) electrons. The fourth-order valence-corrected chi connectivity index (χ4v) is 3.40. The molecular formula is C19H29N3O2. The molecule has 2 saturated heterocycles. The number of piperazine rings is 1. The lowest BCUT2D eigenvalue weighted by Crippen LogP contribution is -2.43. The van der Waals surface area contributed by atoms with Gasteiger partial charge in [-0.1, -0.05) is 12.1 Å². The fraction of sp³-hybridized carbons (Fsp3) is 0.632. The molecule has 5 heteroatoms. The minimum atomic E-state index is 0.0215. The summed E-state index contributed by atoms with van der Waals surface area (Å²) in [7, 11) is 2.17. The molecule has 1 N–H and O–H groups in total. The van der Waals surface area contributed by atoms with Gasteiger partial charge in [-0.05, 0) is 44.0 Å². The lowest BCUT2D eigenvalue weighted by atomic mass is 10.1. The lowest BCUT2D eigenvalue weighted by molar-refractivity contribution is 0.0907. The zero-order valence-corrected chi connectivity index (χ0v) is 14.7. The molecule has 2 heterocycles. The zero-order valence-electron chi connectivity index (χ0n) is 14.7. The zero-order chi connectivity index (χ0) is 16.8. The first-order valence-electron chi connectivity index (χ1n) is 9.10. The first kappa shape index (κ1) is 17.4. The molecule has 5 nitrogen and oxygen atoms in total. The number of carbonyl (C=O) groups excluding carboxylic acids is 1. The third-order valence-electron chi connectivity index (χ3n) is 4.97. The third-order valence-corrected chi connectivity index (χ3v) is 4.97. The first-order chi connectivity index (χ1) is 11.7. The van der Waals surface area contributed by atoms with Crippen molar-refractivity contribution in [3.05, 3.63) is 35.4 Å². The molecule has 0 bridgehead atoms. The number of benzene rings is 1. The normalized spacial score (nSPS) is 22.6. The summed E-state index contributed by atoms with van der Waals surface area (Å²) in [6.45, 7) is 6.89. The molecule has 2 fully saturated rings. The van der Waals surface area contributed by atoms with Gasteiger partial charge < -0.3 is 15.0 Å². The molecule has 1 aromatic carbocycles. The van der Waals surface area contributed by atoms with Crippen molar-refractivity contribution < 1.29 is 9.53 Å². The van der Waals surface area contributed by atoms with Gasteiger partial charge in [-0.15, -0.1) is 0 Å². The van der Waals surface area contributed by atoms with Crippen LogP contribution in [0.15, 0.2) is 24.3 Å². The summed E-state index contributed by atoms with van der Waals surface area (Å²) in [5.41, 5.74) is 1.97. The van der Waals surface area contributed by atoms with Crippen LogP contribution in [-0.2, 0) is 11.3 Å². The Morgan fingerprint density at radius 3 is 2.88 bits per heavy atom. The number of hydrogen-bond acceptors (Lipinski definition) is 4. The topological polar surface area (TPSA) is 44.8 Å². The van der Waals surface area contributed by atoms with Crippen molar-refractivity contribution in [3.63, 3.8) is 0 Å². The first-order valence-corrected chi connectivity index (χ1v) is 9.10. The van der Waals surface area contributed by atoms with Crippen LogP contribution in [-0.4, -0.2) is 68.2 Å². The average molecular weight is 331 g/mol. The average Bonchev–Trinajstić information content (AvgIpc) is 3.10. The number of amides is 1. The number of rotatable bonds is 6. The van der Waals surface area contributed by atoms with Crippen LogP contribution < -0.4 is 5.32 Å². The van der Waals surface area contributed by atoms with Crippen molar-refractivity contribution in [1.82, 2.24) is 15.1 Å². The summed E-state index contributed by atoms with van der Waals surface area (Å²) >= 11 is 0. The molecule has 2 aliphatic rings. The number of carbonyl (C=O) groups is 1. The van der Waals surface area contributed by atoms with Crippen LogP contribution in [0.1, 0.15) is 35.2 Å². The molecular weight excluding hydrogens is 302 g/mol. The van der Waals surface area contributed by atoms with Gasteiger partial charge in [-0.2, -0.15) is 0 Å². The standard InChI is InChI=1S/C19H29N3O2/c1-21-9-11-22(12-10-21)15-16-4-2-5-17(14-16)19(23)20-8-7-18-6-3-13-24-18/h2,4-5,14,18H,3,6-13,15H2,1H3,(H,20,23)/t18-/m0/s1. The van der Waals surface area contributed by atoms with Crippen molar-refractivity contribution >= 4 is 5.91 Å². The Morgan fingerprint density at radius 1 is 1.29 bits per heavy atom. The Labute approximate surface area is 145 Å². The molecule has 1 atom stereocenters. The van der Waals surface area contributed by atoms with Crippen LogP contribution in [0.5, 0.6) is 0 Å².